The zero-order chi connectivity index (χ0) is 15.0. The molecule has 4 nitrogen and oxygen atoms in total. The Kier molecular flexibility index (Phi) is 4.08. The predicted octanol–water partition coefficient (Wildman–Crippen LogP) is 1.90. The molecule has 2 bridgehead atoms. The van der Waals surface area contributed by atoms with Crippen molar-refractivity contribution in [3.05, 3.63) is 29.8 Å². The van der Waals surface area contributed by atoms with E-state index in [4.69, 9.17) is 0 Å². The molecule has 0 amide bonds. The maximum absolute atomic E-state index is 11.4. The monoisotopic (exact) mass is 309 g/mol. The van der Waals surface area contributed by atoms with Crippen LogP contribution in [-0.2, 0) is 9.84 Å². The van der Waals surface area contributed by atoms with E-state index in [9.17, 15) is 13.5 Å². The fraction of sp³-hybridized carbons (Fsp3) is 0.625. The number of nitrogens with one attached hydrogen (secondary N) is 1. The lowest BCUT2D eigenvalue weighted by atomic mass is 9.95. The lowest BCUT2D eigenvalue weighted by Crippen LogP contribution is -2.36. The molecule has 0 heterocycles. The fourth-order valence-electron chi connectivity index (χ4n) is 3.81. The van der Waals surface area contributed by atoms with E-state index in [-0.39, 0.29) is 0 Å². The van der Waals surface area contributed by atoms with Crippen LogP contribution in [0.4, 0.5) is 0 Å². The fourth-order valence-corrected chi connectivity index (χ4v) is 4.44. The van der Waals surface area contributed by atoms with Crippen LogP contribution in [0.25, 0.3) is 0 Å². The molecule has 4 unspecified atom stereocenters. The average Bonchev–Trinajstić information content (AvgIpc) is 3.06. The number of hydrogen-bond acceptors (Lipinski definition) is 4. The van der Waals surface area contributed by atoms with Gasteiger partial charge in [0, 0.05) is 18.8 Å². The van der Waals surface area contributed by atoms with Gasteiger partial charge < -0.3 is 10.4 Å². The summed E-state index contributed by atoms with van der Waals surface area (Å²) in [6.07, 6.45) is 5.88. The van der Waals surface area contributed by atoms with Crippen LogP contribution in [0.1, 0.15) is 37.4 Å². The van der Waals surface area contributed by atoms with E-state index in [1.54, 1.807) is 24.3 Å². The van der Waals surface area contributed by atoms with Gasteiger partial charge in [0.1, 0.15) is 0 Å². The van der Waals surface area contributed by atoms with E-state index in [0.29, 0.717) is 17.5 Å². The van der Waals surface area contributed by atoms with E-state index in [2.05, 4.69) is 5.32 Å². The molecule has 3 rings (SSSR count). The van der Waals surface area contributed by atoms with Gasteiger partial charge in [0.25, 0.3) is 0 Å². The summed E-state index contributed by atoms with van der Waals surface area (Å²) in [4.78, 5) is 0.291. The molecule has 4 atom stereocenters. The number of aliphatic hydroxyl groups is 1. The average molecular weight is 309 g/mol. The zero-order valence-electron chi connectivity index (χ0n) is 12.3. The number of hydrogen-bond donors (Lipinski definition) is 2. The second-order valence-electron chi connectivity index (χ2n) is 6.55. The number of benzene rings is 1. The van der Waals surface area contributed by atoms with Crippen molar-refractivity contribution in [2.45, 2.75) is 42.7 Å². The summed E-state index contributed by atoms with van der Waals surface area (Å²) in [6.45, 7) is 0.534. The molecule has 2 saturated carbocycles. The predicted molar refractivity (Wildman–Crippen MR) is 81.8 cm³/mol. The van der Waals surface area contributed by atoms with Crippen molar-refractivity contribution in [1.82, 2.24) is 5.32 Å². The number of sulfone groups is 1. The Bertz CT molecular complexity index is 596. The van der Waals surface area contributed by atoms with Crippen LogP contribution in [0.5, 0.6) is 0 Å². The lowest BCUT2D eigenvalue weighted by Gasteiger charge is -2.24. The van der Waals surface area contributed by atoms with Crippen LogP contribution in [0.15, 0.2) is 29.2 Å². The largest absolute Gasteiger partial charge is 0.387 e. The van der Waals surface area contributed by atoms with Gasteiger partial charge in [-0.15, -0.1) is 0 Å². The van der Waals surface area contributed by atoms with E-state index < -0.39 is 15.9 Å². The number of fused-ring (bicyclic) bond motifs is 2. The highest BCUT2D eigenvalue weighted by atomic mass is 32.2. The normalized spacial score (nSPS) is 29.7. The second-order valence-corrected chi connectivity index (χ2v) is 8.56. The third kappa shape index (κ3) is 3.30. The molecule has 2 fully saturated rings. The van der Waals surface area contributed by atoms with E-state index in [1.807, 2.05) is 0 Å². The summed E-state index contributed by atoms with van der Waals surface area (Å²) >= 11 is 0. The Hall–Kier alpha value is -0.910. The SMILES string of the molecule is CS(=O)(=O)c1ccc(C(O)CNC2CC3CCC2C3)cc1. The molecule has 0 saturated heterocycles. The van der Waals surface area contributed by atoms with Gasteiger partial charge in [0.2, 0.25) is 0 Å². The van der Waals surface area contributed by atoms with E-state index >= 15 is 0 Å². The van der Waals surface area contributed by atoms with Crippen molar-refractivity contribution in [3.63, 3.8) is 0 Å². The Balaban J connectivity index is 1.57. The van der Waals surface area contributed by atoms with E-state index in [1.165, 1.54) is 31.9 Å². The van der Waals surface area contributed by atoms with Gasteiger partial charge in [-0.1, -0.05) is 18.6 Å². The Morgan fingerprint density at radius 2 is 1.95 bits per heavy atom. The molecule has 0 spiro atoms. The standard InChI is InChI=1S/C16H23NO3S/c1-21(19,20)14-6-4-12(5-7-14)16(18)10-17-15-9-11-2-3-13(15)8-11/h4-7,11,13,15-18H,2-3,8-10H2,1H3. The first kappa shape index (κ1) is 15.0. The first-order chi connectivity index (χ1) is 9.93. The minimum Gasteiger partial charge on any atom is -0.387 e. The Labute approximate surface area is 126 Å². The van der Waals surface area contributed by atoms with Gasteiger partial charge in [-0.3, -0.25) is 0 Å². The van der Waals surface area contributed by atoms with E-state index in [0.717, 1.165) is 17.4 Å². The summed E-state index contributed by atoms with van der Waals surface area (Å²) < 4.78 is 22.8. The van der Waals surface area contributed by atoms with Crippen LogP contribution in [0, 0.1) is 11.8 Å². The molecule has 5 heteroatoms. The van der Waals surface area contributed by atoms with Gasteiger partial charge in [-0.2, -0.15) is 0 Å². The third-order valence-electron chi connectivity index (χ3n) is 5.00. The van der Waals surface area contributed by atoms with Gasteiger partial charge in [-0.25, -0.2) is 8.42 Å². The highest BCUT2D eigenvalue weighted by molar-refractivity contribution is 7.90. The zero-order valence-corrected chi connectivity index (χ0v) is 13.1. The topological polar surface area (TPSA) is 66.4 Å². The molecule has 0 radical (unpaired) electrons. The van der Waals surface area contributed by atoms with Crippen LogP contribution in [0.2, 0.25) is 0 Å². The first-order valence-corrected chi connectivity index (χ1v) is 9.54. The molecule has 116 valence electrons. The quantitative estimate of drug-likeness (QED) is 0.872. The van der Waals surface area contributed by atoms with Crippen LogP contribution < -0.4 is 5.32 Å². The highest BCUT2D eigenvalue weighted by Gasteiger charge is 2.39. The number of aliphatic hydroxyl groups excluding tert-OH is 1. The molecule has 1 aromatic rings. The van der Waals surface area contributed by atoms with Crippen molar-refractivity contribution in [2.24, 2.45) is 11.8 Å². The Morgan fingerprint density at radius 3 is 2.48 bits per heavy atom. The minimum absolute atomic E-state index is 0.291. The maximum atomic E-state index is 11.4. The van der Waals surface area contributed by atoms with Crippen molar-refractivity contribution in [2.75, 3.05) is 12.8 Å². The lowest BCUT2D eigenvalue weighted by molar-refractivity contribution is 0.163. The molecule has 0 aromatic heterocycles. The van der Waals surface area contributed by atoms with Gasteiger partial charge in [0.15, 0.2) is 9.84 Å². The van der Waals surface area contributed by atoms with Crippen LogP contribution in [0.3, 0.4) is 0 Å². The minimum atomic E-state index is -3.17. The summed E-state index contributed by atoms with van der Waals surface area (Å²) in [5.74, 6) is 1.67. The van der Waals surface area contributed by atoms with Crippen molar-refractivity contribution >= 4 is 9.84 Å². The van der Waals surface area contributed by atoms with Crippen molar-refractivity contribution in [3.8, 4) is 0 Å². The highest BCUT2D eigenvalue weighted by Crippen LogP contribution is 2.44. The second kappa shape index (κ2) is 5.71. The molecule has 21 heavy (non-hydrogen) atoms. The molecule has 0 aliphatic heterocycles. The van der Waals surface area contributed by atoms with Gasteiger partial charge >= 0.3 is 0 Å². The summed E-state index contributed by atoms with van der Waals surface area (Å²) in [7, 11) is -3.17. The molecule has 2 N–H and O–H groups in total. The van der Waals surface area contributed by atoms with Gasteiger partial charge in [0.05, 0.1) is 11.0 Å². The third-order valence-corrected chi connectivity index (χ3v) is 6.13. The first-order valence-electron chi connectivity index (χ1n) is 7.65. The van der Waals surface area contributed by atoms with Crippen LogP contribution >= 0.6 is 0 Å². The van der Waals surface area contributed by atoms with Crippen molar-refractivity contribution < 1.29 is 13.5 Å². The Morgan fingerprint density at radius 1 is 1.24 bits per heavy atom. The molecule has 2 aliphatic carbocycles. The van der Waals surface area contributed by atoms with Crippen LogP contribution in [-0.4, -0.2) is 32.4 Å². The number of rotatable bonds is 5. The smallest absolute Gasteiger partial charge is 0.175 e. The van der Waals surface area contributed by atoms with Crippen molar-refractivity contribution in [1.29, 1.82) is 0 Å². The summed E-state index contributed by atoms with van der Waals surface area (Å²) in [5.41, 5.74) is 0.762. The molecular formula is C16H23NO3S. The summed E-state index contributed by atoms with van der Waals surface area (Å²) in [5, 5.41) is 13.7. The molecule has 1 aromatic carbocycles. The molecular weight excluding hydrogens is 286 g/mol. The summed E-state index contributed by atoms with van der Waals surface area (Å²) in [6, 6.07) is 7.07. The van der Waals surface area contributed by atoms with Gasteiger partial charge in [-0.05, 0) is 48.8 Å². The maximum Gasteiger partial charge on any atom is 0.175 e. The molecule has 2 aliphatic rings.